The molecule has 17 heavy (non-hydrogen) atoms. The third kappa shape index (κ3) is 4.81. The van der Waals surface area contributed by atoms with E-state index in [1.807, 2.05) is 0 Å². The number of nitriles is 1. The molecule has 2 nitrogen and oxygen atoms in total. The maximum atomic E-state index is 8.93. The highest BCUT2D eigenvalue weighted by molar-refractivity contribution is 6.30. The maximum Gasteiger partial charge on any atom is 0.101 e. The summed E-state index contributed by atoms with van der Waals surface area (Å²) in [6.45, 7) is 6.67. The van der Waals surface area contributed by atoms with Crippen molar-refractivity contribution in [3.8, 4) is 17.9 Å². The molecule has 0 saturated heterocycles. The smallest absolute Gasteiger partial charge is 0.101 e. The van der Waals surface area contributed by atoms with Gasteiger partial charge in [-0.2, -0.15) is 5.26 Å². The predicted octanol–water partition coefficient (Wildman–Crippen LogP) is 3.67. The molecule has 3 heteroatoms. The molecule has 0 amide bonds. The number of halogens is 1. The molecule has 1 aromatic carbocycles. The second kappa shape index (κ2) is 5.62. The van der Waals surface area contributed by atoms with Crippen molar-refractivity contribution in [3.63, 3.8) is 0 Å². The molecular formula is C14H15ClN2. The van der Waals surface area contributed by atoms with Crippen LogP contribution in [0.3, 0.4) is 0 Å². The lowest BCUT2D eigenvalue weighted by Gasteiger charge is -2.08. The summed E-state index contributed by atoms with van der Waals surface area (Å²) in [6, 6.07) is 7.24. The second-order valence-corrected chi connectivity index (χ2v) is 5.14. The first kappa shape index (κ1) is 13.4. The fraction of sp³-hybridized carbons (Fsp3) is 0.357. The monoisotopic (exact) mass is 246 g/mol. The highest BCUT2D eigenvalue weighted by Gasteiger charge is 2.03. The van der Waals surface area contributed by atoms with Crippen LogP contribution in [0.5, 0.6) is 0 Å². The summed E-state index contributed by atoms with van der Waals surface area (Å²) in [5.74, 6) is 6.15. The van der Waals surface area contributed by atoms with Crippen molar-refractivity contribution in [2.24, 2.45) is 5.41 Å². The van der Waals surface area contributed by atoms with Crippen LogP contribution in [0.1, 0.15) is 26.3 Å². The Labute approximate surface area is 108 Å². The lowest BCUT2D eigenvalue weighted by molar-refractivity contribution is 0.570. The number of rotatable bonds is 2. The van der Waals surface area contributed by atoms with E-state index in [-0.39, 0.29) is 5.41 Å². The van der Waals surface area contributed by atoms with Crippen LogP contribution >= 0.6 is 11.6 Å². The Morgan fingerprint density at radius 3 is 2.65 bits per heavy atom. The van der Waals surface area contributed by atoms with Gasteiger partial charge in [0.1, 0.15) is 6.07 Å². The minimum atomic E-state index is -0.00588. The van der Waals surface area contributed by atoms with Crippen LogP contribution < -0.4 is 5.32 Å². The molecule has 0 fully saturated rings. The fourth-order valence-corrected chi connectivity index (χ4v) is 1.38. The van der Waals surface area contributed by atoms with Gasteiger partial charge in [0, 0.05) is 10.4 Å². The topological polar surface area (TPSA) is 35.8 Å². The second-order valence-electron chi connectivity index (χ2n) is 4.71. The molecule has 1 rings (SSSR count). The number of nitrogens with zero attached hydrogens (tertiary/aromatic N) is 1. The summed E-state index contributed by atoms with van der Waals surface area (Å²) in [5, 5.41) is 12.6. The highest BCUT2D eigenvalue weighted by Crippen LogP contribution is 2.20. The molecule has 0 radical (unpaired) electrons. The van der Waals surface area contributed by atoms with Gasteiger partial charge in [-0.3, -0.25) is 0 Å². The number of benzene rings is 1. The molecule has 0 atom stereocenters. The van der Waals surface area contributed by atoms with E-state index in [0.29, 0.717) is 17.1 Å². The normalized spacial score (nSPS) is 10.1. The molecule has 0 aliphatic carbocycles. The Bertz CT molecular complexity index is 496. The summed E-state index contributed by atoms with van der Waals surface area (Å²) in [7, 11) is 0. The van der Waals surface area contributed by atoms with Crippen molar-refractivity contribution in [1.82, 2.24) is 0 Å². The van der Waals surface area contributed by atoms with Crippen LogP contribution in [0.15, 0.2) is 18.2 Å². The average Bonchev–Trinajstić information content (AvgIpc) is 2.23. The van der Waals surface area contributed by atoms with Gasteiger partial charge in [-0.25, -0.2) is 0 Å². The molecule has 0 unspecified atom stereocenters. The van der Waals surface area contributed by atoms with Crippen molar-refractivity contribution >= 4 is 17.3 Å². The molecule has 0 aliphatic rings. The standard InChI is InChI=1S/C14H15ClN2/c1-14(2,3)7-4-8-17-13-9-12(15)6-5-11(13)10-16/h5-6,9,17H,8H2,1-3H3. The van der Waals surface area contributed by atoms with E-state index in [4.69, 9.17) is 16.9 Å². The summed E-state index contributed by atoms with van der Waals surface area (Å²) in [5.41, 5.74) is 1.30. The number of hydrogen-bond acceptors (Lipinski definition) is 2. The first-order chi connectivity index (χ1) is 7.92. The van der Waals surface area contributed by atoms with Crippen molar-refractivity contribution < 1.29 is 0 Å². The van der Waals surface area contributed by atoms with Gasteiger partial charge in [-0.15, -0.1) is 0 Å². The molecule has 0 spiro atoms. The van der Waals surface area contributed by atoms with Gasteiger partial charge < -0.3 is 5.32 Å². The van der Waals surface area contributed by atoms with Crippen LogP contribution in [0.4, 0.5) is 5.69 Å². The van der Waals surface area contributed by atoms with Gasteiger partial charge >= 0.3 is 0 Å². The number of anilines is 1. The van der Waals surface area contributed by atoms with Crippen LogP contribution in [-0.4, -0.2) is 6.54 Å². The highest BCUT2D eigenvalue weighted by atomic mass is 35.5. The van der Waals surface area contributed by atoms with Crippen LogP contribution in [0.25, 0.3) is 0 Å². The third-order valence-corrected chi connectivity index (χ3v) is 2.17. The zero-order valence-electron chi connectivity index (χ0n) is 10.3. The predicted molar refractivity (Wildman–Crippen MR) is 71.9 cm³/mol. The molecule has 0 aliphatic heterocycles. The molecule has 88 valence electrons. The van der Waals surface area contributed by atoms with E-state index < -0.39 is 0 Å². The first-order valence-corrected chi connectivity index (χ1v) is 5.74. The number of hydrogen-bond donors (Lipinski definition) is 1. The van der Waals surface area contributed by atoms with E-state index in [1.54, 1.807) is 18.2 Å². The third-order valence-electron chi connectivity index (χ3n) is 1.93. The quantitative estimate of drug-likeness (QED) is 0.809. The SMILES string of the molecule is CC(C)(C)C#CCNc1cc(Cl)ccc1C#N. The van der Waals surface area contributed by atoms with E-state index in [0.717, 1.165) is 5.69 Å². The van der Waals surface area contributed by atoms with E-state index >= 15 is 0 Å². The van der Waals surface area contributed by atoms with Crippen molar-refractivity contribution in [1.29, 1.82) is 5.26 Å². The fourth-order valence-electron chi connectivity index (χ4n) is 1.21. The molecular weight excluding hydrogens is 232 g/mol. The van der Waals surface area contributed by atoms with Crippen molar-refractivity contribution in [2.45, 2.75) is 20.8 Å². The summed E-state index contributed by atoms with van der Waals surface area (Å²) >= 11 is 5.87. The van der Waals surface area contributed by atoms with Crippen LogP contribution in [0.2, 0.25) is 5.02 Å². The Hall–Kier alpha value is -1.64. The Kier molecular flexibility index (Phi) is 4.44. The molecule has 1 aromatic rings. The van der Waals surface area contributed by atoms with Crippen molar-refractivity contribution in [3.05, 3.63) is 28.8 Å². The molecule has 0 bridgehead atoms. The molecule has 0 saturated carbocycles. The Balaban J connectivity index is 2.72. The average molecular weight is 247 g/mol. The maximum absolute atomic E-state index is 8.93. The van der Waals surface area contributed by atoms with Gasteiger partial charge in [-0.1, -0.05) is 23.4 Å². The zero-order chi connectivity index (χ0) is 12.9. The van der Waals surface area contributed by atoms with Gasteiger partial charge in [0.25, 0.3) is 0 Å². The minimum absolute atomic E-state index is 0.00588. The number of nitrogens with one attached hydrogen (secondary N) is 1. The molecule has 1 N–H and O–H groups in total. The lowest BCUT2D eigenvalue weighted by atomic mass is 9.98. The Morgan fingerprint density at radius 2 is 2.06 bits per heavy atom. The van der Waals surface area contributed by atoms with E-state index in [2.05, 4.69) is 44.0 Å². The van der Waals surface area contributed by atoms with Gasteiger partial charge in [0.05, 0.1) is 17.8 Å². The van der Waals surface area contributed by atoms with E-state index in [9.17, 15) is 0 Å². The minimum Gasteiger partial charge on any atom is -0.373 e. The summed E-state index contributed by atoms with van der Waals surface area (Å²) < 4.78 is 0. The van der Waals surface area contributed by atoms with Gasteiger partial charge in [0.2, 0.25) is 0 Å². The van der Waals surface area contributed by atoms with Crippen LogP contribution in [0, 0.1) is 28.6 Å². The summed E-state index contributed by atoms with van der Waals surface area (Å²) in [4.78, 5) is 0. The first-order valence-electron chi connectivity index (χ1n) is 5.36. The largest absolute Gasteiger partial charge is 0.373 e. The van der Waals surface area contributed by atoms with E-state index in [1.165, 1.54) is 0 Å². The zero-order valence-corrected chi connectivity index (χ0v) is 11.0. The van der Waals surface area contributed by atoms with Crippen LogP contribution in [-0.2, 0) is 0 Å². The van der Waals surface area contributed by atoms with Gasteiger partial charge in [0.15, 0.2) is 0 Å². The summed E-state index contributed by atoms with van der Waals surface area (Å²) in [6.07, 6.45) is 0. The van der Waals surface area contributed by atoms with Crippen molar-refractivity contribution in [2.75, 3.05) is 11.9 Å². The molecule has 0 heterocycles. The lowest BCUT2D eigenvalue weighted by Crippen LogP contribution is -2.04. The molecule has 0 aromatic heterocycles. The Morgan fingerprint density at radius 1 is 1.35 bits per heavy atom. The van der Waals surface area contributed by atoms with Gasteiger partial charge in [-0.05, 0) is 39.0 Å².